The quantitative estimate of drug-likeness (QED) is 0.730. The number of ether oxygens (including phenoxy) is 1. The lowest BCUT2D eigenvalue weighted by atomic mass is 10.3. The highest BCUT2D eigenvalue weighted by atomic mass is 16.5. The Morgan fingerprint density at radius 1 is 1.47 bits per heavy atom. The second kappa shape index (κ2) is 6.40. The topological polar surface area (TPSA) is 34.1 Å². The average molecular weight is 208 g/mol. The summed E-state index contributed by atoms with van der Waals surface area (Å²) in [6.45, 7) is 7.86. The van der Waals surface area contributed by atoms with Gasteiger partial charge in [0.25, 0.3) is 0 Å². The van der Waals surface area contributed by atoms with Gasteiger partial charge < -0.3 is 10.1 Å². The van der Waals surface area contributed by atoms with Gasteiger partial charge in [0.1, 0.15) is 0 Å². The van der Waals surface area contributed by atoms with Gasteiger partial charge in [-0.05, 0) is 39.3 Å². The smallest absolute Gasteiger partial charge is 0.0518 e. The lowest BCUT2D eigenvalue weighted by molar-refractivity contribution is 0.0787. The molecule has 1 rings (SSSR count). The molecule has 0 bridgehead atoms. The summed E-state index contributed by atoms with van der Waals surface area (Å²) in [5, 5.41) is 3.34. The molecule has 0 amide bonds. The van der Waals surface area contributed by atoms with Crippen LogP contribution < -0.4 is 5.32 Å². The number of aromatic nitrogens is 1. The summed E-state index contributed by atoms with van der Waals surface area (Å²) in [5.41, 5.74) is 2.17. The highest BCUT2D eigenvalue weighted by molar-refractivity contribution is 5.42. The molecule has 0 aromatic carbocycles. The molecule has 1 N–H and O–H groups in total. The predicted octanol–water partition coefficient (Wildman–Crippen LogP) is 2.62. The van der Waals surface area contributed by atoms with Crippen molar-refractivity contribution in [2.45, 2.75) is 33.3 Å². The minimum Gasteiger partial charge on any atom is -0.385 e. The van der Waals surface area contributed by atoms with Crippen LogP contribution in [0.15, 0.2) is 18.3 Å². The summed E-state index contributed by atoms with van der Waals surface area (Å²) < 4.78 is 5.45. The number of pyridine rings is 1. The van der Waals surface area contributed by atoms with E-state index < -0.39 is 0 Å². The molecule has 0 saturated carbocycles. The van der Waals surface area contributed by atoms with Crippen LogP contribution in [0.1, 0.15) is 26.0 Å². The fourth-order valence-electron chi connectivity index (χ4n) is 1.28. The number of nitrogens with one attached hydrogen (secondary N) is 1. The molecule has 0 aliphatic carbocycles. The van der Waals surface area contributed by atoms with E-state index in [0.29, 0.717) is 6.10 Å². The largest absolute Gasteiger partial charge is 0.385 e. The highest BCUT2D eigenvalue weighted by Gasteiger charge is 1.94. The number of nitrogens with zero attached hydrogens (tertiary/aromatic N) is 1. The van der Waals surface area contributed by atoms with Gasteiger partial charge in [-0.25, -0.2) is 0 Å². The van der Waals surface area contributed by atoms with Crippen molar-refractivity contribution in [3.05, 3.63) is 24.0 Å². The summed E-state index contributed by atoms with van der Waals surface area (Å²) in [4.78, 5) is 4.14. The molecule has 3 heteroatoms. The monoisotopic (exact) mass is 208 g/mol. The minimum atomic E-state index is 0.327. The first-order valence-corrected chi connectivity index (χ1v) is 5.46. The molecule has 0 aliphatic rings. The van der Waals surface area contributed by atoms with E-state index in [-0.39, 0.29) is 0 Å². The third-order valence-electron chi connectivity index (χ3n) is 2.00. The number of aryl methyl sites for hydroxylation is 1. The molecule has 1 aromatic rings. The zero-order chi connectivity index (χ0) is 11.1. The summed E-state index contributed by atoms with van der Waals surface area (Å²) >= 11 is 0. The standard InChI is InChI=1S/C12H20N2O/c1-10(2)15-8-4-6-14-12-5-7-13-11(3)9-12/h5,7,9-10H,4,6,8H2,1-3H3,(H,13,14). The van der Waals surface area contributed by atoms with Crippen LogP contribution in [0.4, 0.5) is 5.69 Å². The Kier molecular flexibility index (Phi) is 5.12. The van der Waals surface area contributed by atoms with Crippen LogP contribution in [-0.4, -0.2) is 24.2 Å². The third-order valence-corrected chi connectivity index (χ3v) is 2.00. The second-order valence-electron chi connectivity index (χ2n) is 3.89. The van der Waals surface area contributed by atoms with Gasteiger partial charge in [0, 0.05) is 30.7 Å². The number of hydrogen-bond donors (Lipinski definition) is 1. The van der Waals surface area contributed by atoms with E-state index in [2.05, 4.69) is 24.1 Å². The first kappa shape index (κ1) is 12.0. The second-order valence-corrected chi connectivity index (χ2v) is 3.89. The Balaban J connectivity index is 2.15. The maximum absolute atomic E-state index is 5.45. The van der Waals surface area contributed by atoms with Gasteiger partial charge in [0.05, 0.1) is 6.10 Å². The Bertz CT molecular complexity index is 287. The molecule has 3 nitrogen and oxygen atoms in total. The Morgan fingerprint density at radius 3 is 2.93 bits per heavy atom. The van der Waals surface area contributed by atoms with Crippen LogP contribution >= 0.6 is 0 Å². The molecule has 15 heavy (non-hydrogen) atoms. The van der Waals surface area contributed by atoms with Crippen LogP contribution in [-0.2, 0) is 4.74 Å². The van der Waals surface area contributed by atoms with Crippen molar-refractivity contribution in [1.82, 2.24) is 4.98 Å². The summed E-state index contributed by atoms with van der Waals surface area (Å²) in [6, 6.07) is 4.03. The predicted molar refractivity (Wildman–Crippen MR) is 63.2 cm³/mol. The molecule has 0 fully saturated rings. The SMILES string of the molecule is Cc1cc(NCCCOC(C)C)ccn1. The summed E-state index contributed by atoms with van der Waals surface area (Å²) in [5.74, 6) is 0. The van der Waals surface area contributed by atoms with Crippen LogP contribution in [0.2, 0.25) is 0 Å². The Morgan fingerprint density at radius 2 is 2.27 bits per heavy atom. The van der Waals surface area contributed by atoms with Crippen molar-refractivity contribution in [1.29, 1.82) is 0 Å². The van der Waals surface area contributed by atoms with E-state index in [4.69, 9.17) is 4.74 Å². The van der Waals surface area contributed by atoms with E-state index in [1.807, 2.05) is 25.3 Å². The lowest BCUT2D eigenvalue weighted by Gasteiger charge is -2.09. The molecule has 0 spiro atoms. The maximum atomic E-state index is 5.45. The molecule has 0 aliphatic heterocycles. The van der Waals surface area contributed by atoms with E-state index >= 15 is 0 Å². The highest BCUT2D eigenvalue weighted by Crippen LogP contribution is 2.06. The normalized spacial score (nSPS) is 10.7. The zero-order valence-electron chi connectivity index (χ0n) is 9.79. The van der Waals surface area contributed by atoms with E-state index in [9.17, 15) is 0 Å². The molecule has 1 heterocycles. The van der Waals surface area contributed by atoms with Gasteiger partial charge in [-0.2, -0.15) is 0 Å². The lowest BCUT2D eigenvalue weighted by Crippen LogP contribution is -2.09. The minimum absolute atomic E-state index is 0.327. The summed E-state index contributed by atoms with van der Waals surface area (Å²) in [6.07, 6.45) is 3.18. The van der Waals surface area contributed by atoms with E-state index in [1.165, 1.54) is 0 Å². The Hall–Kier alpha value is -1.09. The first-order valence-electron chi connectivity index (χ1n) is 5.46. The number of anilines is 1. The van der Waals surface area contributed by atoms with Gasteiger partial charge in [-0.1, -0.05) is 0 Å². The van der Waals surface area contributed by atoms with Crippen LogP contribution in [0.25, 0.3) is 0 Å². The molecule has 0 atom stereocenters. The van der Waals surface area contributed by atoms with Crippen molar-refractivity contribution >= 4 is 5.69 Å². The van der Waals surface area contributed by atoms with Gasteiger partial charge in [0.2, 0.25) is 0 Å². The molecule has 1 aromatic heterocycles. The van der Waals surface area contributed by atoms with E-state index in [0.717, 1.165) is 31.0 Å². The number of hydrogen-bond acceptors (Lipinski definition) is 3. The average Bonchev–Trinajstić information content (AvgIpc) is 2.17. The van der Waals surface area contributed by atoms with Gasteiger partial charge in [-0.3, -0.25) is 4.98 Å². The van der Waals surface area contributed by atoms with Crippen LogP contribution in [0.3, 0.4) is 0 Å². The molecule has 0 unspecified atom stereocenters. The fourth-order valence-corrected chi connectivity index (χ4v) is 1.28. The third kappa shape index (κ3) is 5.37. The Labute approximate surface area is 91.9 Å². The van der Waals surface area contributed by atoms with Crippen molar-refractivity contribution in [2.75, 3.05) is 18.5 Å². The fraction of sp³-hybridized carbons (Fsp3) is 0.583. The van der Waals surface area contributed by atoms with E-state index in [1.54, 1.807) is 0 Å². The van der Waals surface area contributed by atoms with Crippen molar-refractivity contribution in [3.63, 3.8) is 0 Å². The molecular formula is C12H20N2O. The van der Waals surface area contributed by atoms with Crippen molar-refractivity contribution in [3.8, 4) is 0 Å². The van der Waals surface area contributed by atoms with Gasteiger partial charge >= 0.3 is 0 Å². The molecule has 84 valence electrons. The van der Waals surface area contributed by atoms with Crippen LogP contribution in [0.5, 0.6) is 0 Å². The first-order chi connectivity index (χ1) is 7.18. The van der Waals surface area contributed by atoms with Crippen LogP contribution in [0, 0.1) is 6.92 Å². The molecule has 0 saturated heterocycles. The summed E-state index contributed by atoms with van der Waals surface area (Å²) in [7, 11) is 0. The number of rotatable bonds is 6. The van der Waals surface area contributed by atoms with Gasteiger partial charge in [0.15, 0.2) is 0 Å². The zero-order valence-corrected chi connectivity index (χ0v) is 9.79. The molecular weight excluding hydrogens is 188 g/mol. The van der Waals surface area contributed by atoms with Gasteiger partial charge in [-0.15, -0.1) is 0 Å². The molecule has 0 radical (unpaired) electrons. The van der Waals surface area contributed by atoms with Crippen molar-refractivity contribution in [2.24, 2.45) is 0 Å². The maximum Gasteiger partial charge on any atom is 0.0518 e. The van der Waals surface area contributed by atoms with Crippen molar-refractivity contribution < 1.29 is 4.74 Å².